The number of halogens is 1. The summed E-state index contributed by atoms with van der Waals surface area (Å²) >= 11 is 0. The Morgan fingerprint density at radius 2 is 1.81 bits per heavy atom. The lowest BCUT2D eigenvalue weighted by Gasteiger charge is -2.18. The molecule has 0 amide bonds. The van der Waals surface area contributed by atoms with Crippen LogP contribution in [0.2, 0.25) is 0 Å². The quantitative estimate of drug-likeness (QED) is 0.504. The summed E-state index contributed by atoms with van der Waals surface area (Å²) in [6.45, 7) is 6.50. The molecule has 0 aliphatic carbocycles. The third-order valence-corrected chi connectivity index (χ3v) is 4.53. The van der Waals surface area contributed by atoms with E-state index in [0.29, 0.717) is 11.4 Å². The van der Waals surface area contributed by atoms with Crippen molar-refractivity contribution in [2.45, 2.75) is 26.2 Å². The molecule has 2 aromatic carbocycles. The molecular weight excluding hydrogens is 325 g/mol. The first-order valence-corrected chi connectivity index (χ1v) is 8.63. The van der Waals surface area contributed by atoms with E-state index in [-0.39, 0.29) is 11.2 Å². The molecule has 1 N–H and O–H groups in total. The minimum atomic E-state index is -0.316. The van der Waals surface area contributed by atoms with Gasteiger partial charge in [0.2, 0.25) is 0 Å². The van der Waals surface area contributed by atoms with Crippen LogP contribution < -0.4 is 0 Å². The van der Waals surface area contributed by atoms with E-state index in [9.17, 15) is 4.39 Å². The molecule has 0 spiro atoms. The van der Waals surface area contributed by atoms with Crippen molar-refractivity contribution in [3.63, 3.8) is 0 Å². The number of rotatable bonds is 2. The summed E-state index contributed by atoms with van der Waals surface area (Å²) in [5.41, 5.74) is 4.97. The van der Waals surface area contributed by atoms with Crippen molar-refractivity contribution in [3.8, 4) is 22.6 Å². The largest absolute Gasteiger partial charge is 0.338 e. The van der Waals surface area contributed by atoms with Gasteiger partial charge in [0.05, 0.1) is 22.3 Å². The molecule has 0 atom stereocenters. The molecule has 0 fully saturated rings. The Morgan fingerprint density at radius 3 is 2.50 bits per heavy atom. The number of nitrogens with zero attached hydrogens (tertiary/aromatic N) is 2. The first-order chi connectivity index (χ1) is 12.4. The first-order valence-electron chi connectivity index (χ1n) is 8.63. The van der Waals surface area contributed by atoms with Crippen molar-refractivity contribution in [1.82, 2.24) is 15.0 Å². The van der Waals surface area contributed by atoms with Crippen LogP contribution in [0.15, 0.2) is 60.8 Å². The van der Waals surface area contributed by atoms with Gasteiger partial charge in [0.1, 0.15) is 11.6 Å². The zero-order chi connectivity index (χ0) is 18.3. The second-order valence-corrected chi connectivity index (χ2v) is 7.48. The smallest absolute Gasteiger partial charge is 0.141 e. The van der Waals surface area contributed by atoms with Crippen molar-refractivity contribution in [2.24, 2.45) is 0 Å². The van der Waals surface area contributed by atoms with Gasteiger partial charge in [-0.1, -0.05) is 39.0 Å². The van der Waals surface area contributed by atoms with Crippen molar-refractivity contribution >= 4 is 11.0 Å². The number of hydrogen-bond donors (Lipinski definition) is 1. The summed E-state index contributed by atoms with van der Waals surface area (Å²) in [6.07, 6.45) is 1.70. The van der Waals surface area contributed by atoms with E-state index < -0.39 is 0 Å². The van der Waals surface area contributed by atoms with Gasteiger partial charge in [-0.3, -0.25) is 4.98 Å². The summed E-state index contributed by atoms with van der Waals surface area (Å²) in [6, 6.07) is 16.9. The first kappa shape index (κ1) is 16.5. The van der Waals surface area contributed by atoms with Crippen LogP contribution in [0.5, 0.6) is 0 Å². The predicted molar refractivity (Wildman–Crippen MR) is 103 cm³/mol. The van der Waals surface area contributed by atoms with Gasteiger partial charge in [0, 0.05) is 11.8 Å². The standard InChI is InChI=1S/C22H20FN3/c1-22(2,3)15-8-10-19-20(13-15)26-21(25-19)16-9-7-14(12-17(16)23)18-6-4-5-11-24-18/h4-13H,1-3H3,(H,25,26). The van der Waals surface area contributed by atoms with E-state index in [1.54, 1.807) is 12.3 Å². The van der Waals surface area contributed by atoms with Crippen molar-refractivity contribution in [1.29, 1.82) is 0 Å². The number of pyridine rings is 1. The van der Waals surface area contributed by atoms with Gasteiger partial charge < -0.3 is 4.98 Å². The fraction of sp³-hybridized carbons (Fsp3) is 0.182. The molecule has 4 heteroatoms. The lowest BCUT2D eigenvalue weighted by Crippen LogP contribution is -2.10. The van der Waals surface area contributed by atoms with Gasteiger partial charge in [-0.2, -0.15) is 0 Å². The van der Waals surface area contributed by atoms with Crippen LogP contribution in [-0.4, -0.2) is 15.0 Å². The maximum atomic E-state index is 14.7. The van der Waals surface area contributed by atoms with Crippen LogP contribution in [0, 0.1) is 5.82 Å². The molecular formula is C22H20FN3. The van der Waals surface area contributed by atoms with E-state index >= 15 is 0 Å². The van der Waals surface area contributed by atoms with E-state index in [0.717, 1.165) is 22.3 Å². The summed E-state index contributed by atoms with van der Waals surface area (Å²) < 4.78 is 14.7. The van der Waals surface area contributed by atoms with E-state index in [1.807, 2.05) is 30.3 Å². The molecule has 0 unspecified atom stereocenters. The zero-order valence-corrected chi connectivity index (χ0v) is 15.0. The van der Waals surface area contributed by atoms with Crippen molar-refractivity contribution in [3.05, 3.63) is 72.2 Å². The van der Waals surface area contributed by atoms with E-state index in [1.165, 1.54) is 11.6 Å². The van der Waals surface area contributed by atoms with Gasteiger partial charge in [-0.05, 0) is 47.4 Å². The Labute approximate surface area is 152 Å². The molecule has 4 aromatic rings. The fourth-order valence-electron chi connectivity index (χ4n) is 3.00. The number of H-pyrrole nitrogens is 1. The summed E-state index contributed by atoms with van der Waals surface area (Å²) in [4.78, 5) is 12.1. The van der Waals surface area contributed by atoms with Gasteiger partial charge in [-0.25, -0.2) is 9.37 Å². The summed E-state index contributed by atoms with van der Waals surface area (Å²) in [5.74, 6) is 0.222. The highest BCUT2D eigenvalue weighted by Gasteiger charge is 2.16. The van der Waals surface area contributed by atoms with Crippen LogP contribution in [0.4, 0.5) is 4.39 Å². The highest BCUT2D eigenvalue weighted by atomic mass is 19.1. The number of nitrogens with one attached hydrogen (secondary N) is 1. The maximum Gasteiger partial charge on any atom is 0.141 e. The maximum absolute atomic E-state index is 14.7. The number of imidazole rings is 1. The van der Waals surface area contributed by atoms with Crippen molar-refractivity contribution < 1.29 is 4.39 Å². The Balaban J connectivity index is 1.75. The molecule has 0 radical (unpaired) electrons. The SMILES string of the molecule is CC(C)(C)c1ccc2nc(-c3ccc(-c4ccccn4)cc3F)[nH]c2c1. The Kier molecular flexibility index (Phi) is 3.83. The van der Waals surface area contributed by atoms with Crippen molar-refractivity contribution in [2.75, 3.05) is 0 Å². The lowest BCUT2D eigenvalue weighted by molar-refractivity contribution is 0.591. The van der Waals surface area contributed by atoms with Crippen LogP contribution >= 0.6 is 0 Å². The Bertz CT molecular complexity index is 1080. The molecule has 0 saturated carbocycles. The fourth-order valence-corrected chi connectivity index (χ4v) is 3.00. The predicted octanol–water partition coefficient (Wildman–Crippen LogP) is 5.73. The number of hydrogen-bond acceptors (Lipinski definition) is 2. The molecule has 0 aliphatic rings. The molecule has 26 heavy (non-hydrogen) atoms. The van der Waals surface area contributed by atoms with Crippen LogP contribution in [-0.2, 0) is 5.41 Å². The number of aromatic amines is 1. The van der Waals surface area contributed by atoms with Crippen LogP contribution in [0.1, 0.15) is 26.3 Å². The molecule has 0 bridgehead atoms. The van der Waals surface area contributed by atoms with Crippen LogP contribution in [0.25, 0.3) is 33.7 Å². The molecule has 130 valence electrons. The Hall–Kier alpha value is -3.01. The van der Waals surface area contributed by atoms with E-state index in [2.05, 4.69) is 47.9 Å². The second-order valence-electron chi connectivity index (χ2n) is 7.48. The van der Waals surface area contributed by atoms with Crippen LogP contribution in [0.3, 0.4) is 0 Å². The minimum absolute atomic E-state index is 0.0506. The second kappa shape index (κ2) is 6.06. The highest BCUT2D eigenvalue weighted by Crippen LogP contribution is 2.29. The minimum Gasteiger partial charge on any atom is -0.338 e. The lowest BCUT2D eigenvalue weighted by atomic mass is 9.87. The number of fused-ring (bicyclic) bond motifs is 1. The third-order valence-electron chi connectivity index (χ3n) is 4.53. The summed E-state index contributed by atoms with van der Waals surface area (Å²) in [7, 11) is 0. The average molecular weight is 345 g/mol. The molecule has 2 heterocycles. The van der Waals surface area contributed by atoms with Gasteiger partial charge in [0.15, 0.2) is 0 Å². The third kappa shape index (κ3) is 2.99. The van der Waals surface area contributed by atoms with Gasteiger partial charge in [0.25, 0.3) is 0 Å². The topological polar surface area (TPSA) is 41.6 Å². The zero-order valence-electron chi connectivity index (χ0n) is 15.0. The van der Waals surface area contributed by atoms with Gasteiger partial charge >= 0.3 is 0 Å². The average Bonchev–Trinajstić information content (AvgIpc) is 3.04. The monoisotopic (exact) mass is 345 g/mol. The molecule has 2 aromatic heterocycles. The molecule has 4 rings (SSSR count). The normalized spacial score (nSPS) is 11.8. The number of aromatic nitrogens is 3. The Morgan fingerprint density at radius 1 is 0.962 bits per heavy atom. The molecule has 0 aliphatic heterocycles. The van der Waals surface area contributed by atoms with Gasteiger partial charge in [-0.15, -0.1) is 0 Å². The number of benzene rings is 2. The highest BCUT2D eigenvalue weighted by molar-refractivity contribution is 5.80. The van der Waals surface area contributed by atoms with E-state index in [4.69, 9.17) is 0 Å². The molecule has 0 saturated heterocycles. The molecule has 3 nitrogen and oxygen atoms in total. The summed E-state index contributed by atoms with van der Waals surface area (Å²) in [5, 5.41) is 0.